The zero-order valence-electron chi connectivity index (χ0n) is 12.0. The van der Waals surface area contributed by atoms with E-state index < -0.39 is 10.0 Å². The van der Waals surface area contributed by atoms with E-state index in [1.807, 2.05) is 6.92 Å². The molecule has 7 heteroatoms. The van der Waals surface area contributed by atoms with E-state index in [4.69, 9.17) is 28.9 Å². The average molecular weight is 351 g/mol. The minimum absolute atomic E-state index is 0.0630. The predicted molar refractivity (Wildman–Crippen MR) is 86.2 cm³/mol. The third-order valence-electron chi connectivity index (χ3n) is 3.95. The van der Waals surface area contributed by atoms with Gasteiger partial charge in [0.15, 0.2) is 0 Å². The molecule has 1 aromatic rings. The van der Waals surface area contributed by atoms with Gasteiger partial charge >= 0.3 is 0 Å². The highest BCUT2D eigenvalue weighted by atomic mass is 35.5. The Morgan fingerprint density at radius 3 is 2.38 bits per heavy atom. The summed E-state index contributed by atoms with van der Waals surface area (Å²) in [6, 6.07) is 3.02. The quantitative estimate of drug-likeness (QED) is 0.884. The Labute approximate surface area is 136 Å². The van der Waals surface area contributed by atoms with Gasteiger partial charge < -0.3 is 5.73 Å². The molecular weight excluding hydrogens is 331 g/mol. The second-order valence-corrected chi connectivity index (χ2v) is 7.90. The molecule has 2 rings (SSSR count). The second kappa shape index (κ2) is 6.84. The van der Waals surface area contributed by atoms with Crippen molar-refractivity contribution in [1.29, 1.82) is 0 Å². The van der Waals surface area contributed by atoms with E-state index in [1.54, 1.807) is 4.31 Å². The van der Waals surface area contributed by atoms with Crippen molar-refractivity contribution in [2.75, 3.05) is 6.54 Å². The molecule has 0 bridgehead atoms. The molecular formula is C14H20Cl2N2O2S. The second-order valence-electron chi connectivity index (χ2n) is 5.22. The Morgan fingerprint density at radius 1 is 1.24 bits per heavy atom. The zero-order valence-corrected chi connectivity index (χ0v) is 14.3. The summed E-state index contributed by atoms with van der Waals surface area (Å²) in [7, 11) is -3.63. The predicted octanol–water partition coefficient (Wildman–Crippen LogP) is 3.41. The molecule has 0 saturated heterocycles. The molecule has 2 N–H and O–H groups in total. The minimum Gasteiger partial charge on any atom is -0.326 e. The van der Waals surface area contributed by atoms with Crippen molar-refractivity contribution in [2.24, 2.45) is 5.73 Å². The fraction of sp³-hybridized carbons (Fsp3) is 0.571. The van der Waals surface area contributed by atoms with E-state index in [-0.39, 0.29) is 22.5 Å². The van der Waals surface area contributed by atoms with Crippen LogP contribution < -0.4 is 5.73 Å². The molecule has 1 aliphatic carbocycles. The Morgan fingerprint density at radius 2 is 1.86 bits per heavy atom. The molecule has 0 aromatic heterocycles. The number of rotatable bonds is 5. The number of hydrogen-bond acceptors (Lipinski definition) is 3. The minimum atomic E-state index is -3.63. The van der Waals surface area contributed by atoms with Crippen LogP contribution in [-0.2, 0) is 16.6 Å². The van der Waals surface area contributed by atoms with Crippen molar-refractivity contribution in [3.05, 3.63) is 27.7 Å². The molecule has 1 saturated carbocycles. The number of nitrogens with zero attached hydrogens (tertiary/aromatic N) is 1. The highest BCUT2D eigenvalue weighted by Gasteiger charge is 2.33. The fourth-order valence-electron chi connectivity index (χ4n) is 2.87. The molecule has 1 fully saturated rings. The third-order valence-corrected chi connectivity index (χ3v) is 6.80. The summed E-state index contributed by atoms with van der Waals surface area (Å²) in [4.78, 5) is 0.0998. The van der Waals surface area contributed by atoms with Crippen molar-refractivity contribution in [1.82, 2.24) is 4.31 Å². The molecule has 1 aliphatic rings. The highest BCUT2D eigenvalue weighted by molar-refractivity contribution is 7.89. The summed E-state index contributed by atoms with van der Waals surface area (Å²) >= 11 is 12.1. The van der Waals surface area contributed by atoms with Gasteiger partial charge in [0, 0.05) is 24.2 Å². The van der Waals surface area contributed by atoms with Crippen molar-refractivity contribution < 1.29 is 8.42 Å². The molecule has 0 unspecified atom stereocenters. The summed E-state index contributed by atoms with van der Waals surface area (Å²) in [6.07, 6.45) is 3.95. The Kier molecular flexibility index (Phi) is 5.54. The van der Waals surface area contributed by atoms with Crippen molar-refractivity contribution in [3.63, 3.8) is 0 Å². The summed E-state index contributed by atoms with van der Waals surface area (Å²) in [5, 5.41) is 0.541. The van der Waals surface area contributed by atoms with Crippen LogP contribution in [0.3, 0.4) is 0 Å². The Hall–Kier alpha value is -0.330. The molecule has 0 heterocycles. The molecule has 1 aromatic carbocycles. The topological polar surface area (TPSA) is 63.4 Å². The fourth-order valence-corrected chi connectivity index (χ4v) is 5.41. The lowest BCUT2D eigenvalue weighted by molar-refractivity contribution is 0.335. The standard InChI is InChI=1S/C14H20Cl2N2O2S/c1-2-18(11-5-3-4-6-11)21(19,20)14-7-10(9-17)12(15)8-13(14)16/h7-8,11H,2-6,9,17H2,1H3. The summed E-state index contributed by atoms with van der Waals surface area (Å²) in [6.45, 7) is 2.46. The van der Waals surface area contributed by atoms with Crippen molar-refractivity contribution in [3.8, 4) is 0 Å². The normalized spacial score (nSPS) is 16.8. The molecule has 21 heavy (non-hydrogen) atoms. The smallest absolute Gasteiger partial charge is 0.244 e. The number of benzene rings is 1. The average Bonchev–Trinajstić information content (AvgIpc) is 2.92. The molecule has 0 spiro atoms. The van der Waals surface area contributed by atoms with Crippen LogP contribution in [0, 0.1) is 0 Å². The van der Waals surface area contributed by atoms with E-state index in [2.05, 4.69) is 0 Å². The van der Waals surface area contributed by atoms with E-state index in [1.165, 1.54) is 12.1 Å². The number of hydrogen-bond donors (Lipinski definition) is 1. The lowest BCUT2D eigenvalue weighted by Gasteiger charge is -2.27. The van der Waals surface area contributed by atoms with Gasteiger partial charge in [-0.3, -0.25) is 0 Å². The van der Waals surface area contributed by atoms with E-state index in [0.29, 0.717) is 17.1 Å². The maximum Gasteiger partial charge on any atom is 0.244 e. The van der Waals surface area contributed by atoms with Gasteiger partial charge in [0.2, 0.25) is 10.0 Å². The van der Waals surface area contributed by atoms with Gasteiger partial charge in [-0.15, -0.1) is 0 Å². The molecule has 4 nitrogen and oxygen atoms in total. The summed E-state index contributed by atoms with van der Waals surface area (Å²) in [5.41, 5.74) is 6.19. The van der Waals surface area contributed by atoms with Crippen LogP contribution in [0.1, 0.15) is 38.2 Å². The summed E-state index contributed by atoms with van der Waals surface area (Å²) in [5.74, 6) is 0. The first kappa shape index (κ1) is 17.0. The van der Waals surface area contributed by atoms with Gasteiger partial charge in [0.25, 0.3) is 0 Å². The zero-order chi connectivity index (χ0) is 15.6. The monoisotopic (exact) mass is 350 g/mol. The van der Waals surface area contributed by atoms with Gasteiger partial charge in [-0.05, 0) is 30.5 Å². The third kappa shape index (κ3) is 3.37. The molecule has 118 valence electrons. The van der Waals surface area contributed by atoms with Gasteiger partial charge in [-0.25, -0.2) is 8.42 Å². The van der Waals surface area contributed by atoms with Gasteiger partial charge in [0.1, 0.15) is 4.90 Å². The number of sulfonamides is 1. The maximum absolute atomic E-state index is 12.9. The Bertz CT molecular complexity index is 614. The molecule has 0 aliphatic heterocycles. The van der Waals surface area contributed by atoms with Crippen LogP contribution in [0.2, 0.25) is 10.0 Å². The first-order valence-corrected chi connectivity index (χ1v) is 9.31. The van der Waals surface area contributed by atoms with Gasteiger partial charge in [-0.1, -0.05) is 43.0 Å². The van der Waals surface area contributed by atoms with Gasteiger partial charge in [-0.2, -0.15) is 4.31 Å². The number of halogens is 2. The van der Waals surface area contributed by atoms with E-state index >= 15 is 0 Å². The highest BCUT2D eigenvalue weighted by Crippen LogP contribution is 2.34. The van der Waals surface area contributed by atoms with Crippen LogP contribution in [-0.4, -0.2) is 25.3 Å². The number of nitrogens with two attached hydrogens (primary N) is 1. The Balaban J connectivity index is 2.47. The van der Waals surface area contributed by atoms with Crippen LogP contribution in [0.15, 0.2) is 17.0 Å². The lowest BCUT2D eigenvalue weighted by atomic mass is 10.2. The van der Waals surface area contributed by atoms with Crippen LogP contribution >= 0.6 is 23.2 Å². The molecule has 0 radical (unpaired) electrons. The van der Waals surface area contributed by atoms with Crippen LogP contribution in [0.25, 0.3) is 0 Å². The largest absolute Gasteiger partial charge is 0.326 e. The van der Waals surface area contributed by atoms with Crippen molar-refractivity contribution in [2.45, 2.75) is 50.1 Å². The SMILES string of the molecule is CCN(C1CCCC1)S(=O)(=O)c1cc(CN)c(Cl)cc1Cl. The molecule has 0 atom stereocenters. The lowest BCUT2D eigenvalue weighted by Crippen LogP contribution is -2.38. The van der Waals surface area contributed by atoms with Crippen LogP contribution in [0.4, 0.5) is 0 Å². The first-order chi connectivity index (χ1) is 9.91. The molecule has 0 amide bonds. The van der Waals surface area contributed by atoms with Crippen molar-refractivity contribution >= 4 is 33.2 Å². The van der Waals surface area contributed by atoms with E-state index in [0.717, 1.165) is 25.7 Å². The first-order valence-electron chi connectivity index (χ1n) is 7.11. The maximum atomic E-state index is 12.9. The summed E-state index contributed by atoms with van der Waals surface area (Å²) < 4.78 is 27.4. The van der Waals surface area contributed by atoms with Crippen LogP contribution in [0.5, 0.6) is 0 Å². The van der Waals surface area contributed by atoms with E-state index in [9.17, 15) is 8.42 Å². The van der Waals surface area contributed by atoms with Gasteiger partial charge in [0.05, 0.1) is 5.02 Å².